The van der Waals surface area contributed by atoms with Crippen LogP contribution in [0.5, 0.6) is 0 Å². The van der Waals surface area contributed by atoms with Gasteiger partial charge < -0.3 is 14.8 Å². The Morgan fingerprint density at radius 2 is 2.14 bits per heavy atom. The summed E-state index contributed by atoms with van der Waals surface area (Å²) in [4.78, 5) is 31.3. The number of nitrogens with one attached hydrogen (secondary N) is 1. The maximum atomic E-state index is 12.7. The summed E-state index contributed by atoms with van der Waals surface area (Å²) in [6.07, 6.45) is 0.618. The zero-order valence-corrected chi connectivity index (χ0v) is 17.7. The topological polar surface area (TPSA) is 126 Å². The van der Waals surface area contributed by atoms with Gasteiger partial charge in [-0.3, -0.25) is 4.79 Å². The predicted octanol–water partition coefficient (Wildman–Crippen LogP) is 3.79. The quantitative estimate of drug-likeness (QED) is 0.196. The van der Waals surface area contributed by atoms with Crippen molar-refractivity contribution in [3.8, 4) is 0 Å². The van der Waals surface area contributed by atoms with Crippen LogP contribution < -0.4 is 5.32 Å². The highest BCUT2D eigenvalue weighted by Gasteiger charge is 2.28. The van der Waals surface area contributed by atoms with Crippen molar-refractivity contribution in [1.29, 1.82) is 0 Å². The Labute approximate surface area is 168 Å². The van der Waals surface area contributed by atoms with Gasteiger partial charge in [-0.1, -0.05) is 37.5 Å². The number of rotatable bonds is 11. The fourth-order valence-corrected chi connectivity index (χ4v) is 3.37. The van der Waals surface area contributed by atoms with Gasteiger partial charge in [0.15, 0.2) is 5.69 Å². The third-order valence-corrected chi connectivity index (χ3v) is 5.40. The maximum Gasteiger partial charge on any atom is 0.357 e. The van der Waals surface area contributed by atoms with E-state index in [9.17, 15) is 9.59 Å². The molecule has 1 aromatic rings. The summed E-state index contributed by atoms with van der Waals surface area (Å²) >= 11 is 1.28. The lowest BCUT2D eigenvalue weighted by atomic mass is 9.97. The Bertz CT molecular complexity index is 744. The number of hydrogen-bond donors (Lipinski definition) is 1. The van der Waals surface area contributed by atoms with Gasteiger partial charge in [0.1, 0.15) is 17.2 Å². The molecule has 0 aliphatic heterocycles. The lowest BCUT2D eigenvalue weighted by Gasteiger charge is -2.26. The number of aromatic nitrogens is 1. The highest BCUT2D eigenvalue weighted by Crippen LogP contribution is 2.27. The summed E-state index contributed by atoms with van der Waals surface area (Å²) in [5, 5.41) is 8.73. The van der Waals surface area contributed by atoms with E-state index in [4.69, 9.17) is 10.3 Å². The molecule has 0 unspecified atom stereocenters. The summed E-state index contributed by atoms with van der Waals surface area (Å²) in [6, 6.07) is -1.22. The molecule has 0 fully saturated rings. The standard InChI is InChI=1S/C18H27N5O4S/c1-7-11(4)15(22-23-19)16(24)20-12(10(2)3)8-14(26-5)17-21-13(9-28-17)18(25)27-6/h9,11-12,14-15H,2,7-8H2,1,3-6H3,(H,20,24)/t11-,12+,14+,15-/m0/s1. The minimum absolute atomic E-state index is 0.0959. The first-order chi connectivity index (χ1) is 13.3. The van der Waals surface area contributed by atoms with E-state index in [2.05, 4.69) is 31.6 Å². The largest absolute Gasteiger partial charge is 0.464 e. The zero-order chi connectivity index (χ0) is 21.3. The Morgan fingerprint density at radius 3 is 2.64 bits per heavy atom. The molecule has 4 atom stereocenters. The van der Waals surface area contributed by atoms with Crippen molar-refractivity contribution < 1.29 is 19.1 Å². The van der Waals surface area contributed by atoms with Crippen LogP contribution in [0.2, 0.25) is 0 Å². The van der Waals surface area contributed by atoms with Gasteiger partial charge in [-0.25, -0.2) is 9.78 Å². The van der Waals surface area contributed by atoms with Gasteiger partial charge in [0.2, 0.25) is 5.91 Å². The van der Waals surface area contributed by atoms with Crippen molar-refractivity contribution >= 4 is 23.2 Å². The van der Waals surface area contributed by atoms with E-state index in [-0.39, 0.29) is 17.5 Å². The highest BCUT2D eigenvalue weighted by molar-refractivity contribution is 7.09. The molecule has 0 bridgehead atoms. The molecule has 0 aliphatic carbocycles. The van der Waals surface area contributed by atoms with Gasteiger partial charge in [-0.05, 0) is 18.4 Å². The van der Waals surface area contributed by atoms with Gasteiger partial charge >= 0.3 is 5.97 Å². The molecule has 0 saturated heterocycles. The number of thiazole rings is 1. The van der Waals surface area contributed by atoms with Crippen LogP contribution in [0.4, 0.5) is 0 Å². The SMILES string of the molecule is C=C(C)[C@@H](C[C@@H](OC)c1nc(C(=O)OC)cs1)NC(=O)[C@@H](N=[N+]=[N-])[C@@H](C)CC. The van der Waals surface area contributed by atoms with Crippen molar-refractivity contribution in [2.45, 2.75) is 51.8 Å². The average Bonchev–Trinajstić information content (AvgIpc) is 3.17. The summed E-state index contributed by atoms with van der Waals surface area (Å²) < 4.78 is 10.2. The number of methoxy groups -OCH3 is 2. The van der Waals surface area contributed by atoms with E-state index >= 15 is 0 Å². The van der Waals surface area contributed by atoms with Crippen molar-refractivity contribution in [3.63, 3.8) is 0 Å². The molecule has 0 aliphatic rings. The van der Waals surface area contributed by atoms with Crippen LogP contribution in [-0.2, 0) is 14.3 Å². The van der Waals surface area contributed by atoms with Gasteiger partial charge in [0.05, 0.1) is 13.2 Å². The van der Waals surface area contributed by atoms with Crippen molar-refractivity contribution in [2.24, 2.45) is 11.0 Å². The number of amides is 1. The Balaban J connectivity index is 2.96. The second kappa shape index (κ2) is 11.4. The second-order valence-electron chi connectivity index (χ2n) is 6.47. The lowest BCUT2D eigenvalue weighted by Crippen LogP contribution is -2.44. The normalized spacial score (nSPS) is 14.9. The van der Waals surface area contributed by atoms with Crippen LogP contribution >= 0.6 is 11.3 Å². The van der Waals surface area contributed by atoms with E-state index in [1.165, 1.54) is 25.6 Å². The third-order valence-electron chi connectivity index (χ3n) is 4.47. The van der Waals surface area contributed by atoms with E-state index in [1.807, 2.05) is 13.8 Å². The number of azide groups is 1. The van der Waals surface area contributed by atoms with Crippen LogP contribution in [0, 0.1) is 5.92 Å². The Hall–Kier alpha value is -2.42. The van der Waals surface area contributed by atoms with Gasteiger partial charge in [-0.2, -0.15) is 0 Å². The molecule has 10 heteroatoms. The fraction of sp³-hybridized carbons (Fsp3) is 0.611. The Morgan fingerprint density at radius 1 is 1.46 bits per heavy atom. The molecular weight excluding hydrogens is 382 g/mol. The molecule has 0 radical (unpaired) electrons. The molecule has 0 saturated carbocycles. The first-order valence-electron chi connectivity index (χ1n) is 8.85. The monoisotopic (exact) mass is 409 g/mol. The number of carbonyl (C=O) groups excluding carboxylic acids is 2. The first-order valence-corrected chi connectivity index (χ1v) is 9.73. The van der Waals surface area contributed by atoms with E-state index in [0.29, 0.717) is 17.8 Å². The first kappa shape index (κ1) is 23.6. The minimum Gasteiger partial charge on any atom is -0.464 e. The minimum atomic E-state index is -0.802. The van der Waals surface area contributed by atoms with Crippen molar-refractivity contribution in [2.75, 3.05) is 14.2 Å². The molecule has 1 aromatic heterocycles. The van der Waals surface area contributed by atoms with E-state index in [1.54, 1.807) is 12.3 Å². The fourth-order valence-electron chi connectivity index (χ4n) is 2.49. The number of ether oxygens (including phenoxy) is 2. The summed E-state index contributed by atoms with van der Waals surface area (Å²) in [5.74, 6) is -0.973. The van der Waals surface area contributed by atoms with Gasteiger partial charge in [-0.15, -0.1) is 11.3 Å². The number of carbonyl (C=O) groups is 2. The predicted molar refractivity (Wildman–Crippen MR) is 107 cm³/mol. The second-order valence-corrected chi connectivity index (χ2v) is 7.36. The zero-order valence-electron chi connectivity index (χ0n) is 16.8. The molecule has 1 amide bonds. The molecule has 28 heavy (non-hydrogen) atoms. The third kappa shape index (κ3) is 6.33. The molecule has 0 aromatic carbocycles. The number of hydrogen-bond acceptors (Lipinski definition) is 7. The van der Waals surface area contributed by atoms with Crippen LogP contribution in [0.3, 0.4) is 0 Å². The summed E-state index contributed by atoms with van der Waals surface area (Å²) in [7, 11) is 2.82. The van der Waals surface area contributed by atoms with Crippen molar-refractivity contribution in [3.05, 3.63) is 38.7 Å². The van der Waals surface area contributed by atoms with Crippen LogP contribution in [0.1, 0.15) is 55.2 Å². The van der Waals surface area contributed by atoms with Gasteiger partial charge in [0.25, 0.3) is 0 Å². The number of nitrogens with zero attached hydrogens (tertiary/aromatic N) is 4. The van der Waals surface area contributed by atoms with Crippen molar-refractivity contribution in [1.82, 2.24) is 10.3 Å². The average molecular weight is 410 g/mol. The van der Waals surface area contributed by atoms with Crippen LogP contribution in [0.25, 0.3) is 10.4 Å². The molecular formula is C18H27N5O4S. The molecule has 9 nitrogen and oxygen atoms in total. The lowest BCUT2D eigenvalue weighted by molar-refractivity contribution is -0.124. The summed E-state index contributed by atoms with van der Waals surface area (Å²) in [6.45, 7) is 9.52. The Kier molecular flexibility index (Phi) is 9.64. The van der Waals surface area contributed by atoms with E-state index < -0.39 is 24.2 Å². The highest BCUT2D eigenvalue weighted by atomic mass is 32.1. The molecule has 154 valence electrons. The molecule has 0 spiro atoms. The van der Waals surface area contributed by atoms with Crippen LogP contribution in [-0.4, -0.2) is 43.2 Å². The van der Waals surface area contributed by atoms with E-state index in [0.717, 1.165) is 5.57 Å². The number of esters is 1. The molecule has 1 heterocycles. The van der Waals surface area contributed by atoms with Gasteiger partial charge in [0, 0.05) is 23.8 Å². The molecule has 1 rings (SSSR count). The van der Waals surface area contributed by atoms with Crippen LogP contribution in [0.15, 0.2) is 22.6 Å². The molecule has 1 N–H and O–H groups in total. The summed E-state index contributed by atoms with van der Waals surface area (Å²) in [5.41, 5.74) is 9.70. The smallest absolute Gasteiger partial charge is 0.357 e. The maximum absolute atomic E-state index is 12.7.